The summed E-state index contributed by atoms with van der Waals surface area (Å²) < 4.78 is 5.52. The number of para-hydroxylation sites is 1. The van der Waals surface area contributed by atoms with Crippen molar-refractivity contribution in [1.29, 1.82) is 0 Å². The minimum atomic E-state index is -0.478. The van der Waals surface area contributed by atoms with Gasteiger partial charge in [0.05, 0.1) is 9.95 Å². The van der Waals surface area contributed by atoms with Crippen LogP contribution in [-0.4, -0.2) is 4.92 Å². The molecule has 5 heteroatoms. The van der Waals surface area contributed by atoms with E-state index in [9.17, 15) is 10.1 Å². The first kappa shape index (κ1) is 12.4. The number of hydrogen-bond acceptors (Lipinski definition) is 3. The Hall–Kier alpha value is -2.07. The van der Waals surface area contributed by atoms with Gasteiger partial charge in [-0.25, -0.2) is 0 Å². The molecule has 92 valence electrons. The van der Waals surface area contributed by atoms with Crippen molar-refractivity contribution in [3.8, 4) is 5.75 Å². The summed E-state index contributed by atoms with van der Waals surface area (Å²) in [5.41, 5.74) is 0.689. The van der Waals surface area contributed by atoms with Crippen molar-refractivity contribution in [3.05, 3.63) is 69.2 Å². The third kappa shape index (κ3) is 2.99. The SMILES string of the molecule is O=[N+]([O-])c1ccc(COc2ccccc2)c(Cl)c1. The Kier molecular flexibility index (Phi) is 3.79. The van der Waals surface area contributed by atoms with Crippen molar-refractivity contribution in [2.24, 2.45) is 0 Å². The maximum atomic E-state index is 10.6. The number of nitrogens with zero attached hydrogens (tertiary/aromatic N) is 1. The summed E-state index contributed by atoms with van der Waals surface area (Å²) in [6.07, 6.45) is 0. The van der Waals surface area contributed by atoms with Gasteiger partial charge in [0.15, 0.2) is 0 Å². The van der Waals surface area contributed by atoms with Crippen LogP contribution in [-0.2, 0) is 6.61 Å². The molecule has 0 aliphatic heterocycles. The quantitative estimate of drug-likeness (QED) is 0.622. The molecule has 2 aromatic rings. The molecule has 0 amide bonds. The second-order valence-corrected chi connectivity index (χ2v) is 4.04. The van der Waals surface area contributed by atoms with E-state index >= 15 is 0 Å². The lowest BCUT2D eigenvalue weighted by atomic mass is 10.2. The molecule has 4 nitrogen and oxygen atoms in total. The normalized spacial score (nSPS) is 10.1. The highest BCUT2D eigenvalue weighted by Crippen LogP contribution is 2.23. The highest BCUT2D eigenvalue weighted by atomic mass is 35.5. The summed E-state index contributed by atoms with van der Waals surface area (Å²) in [7, 11) is 0. The van der Waals surface area contributed by atoms with Crippen molar-refractivity contribution in [1.82, 2.24) is 0 Å². The van der Waals surface area contributed by atoms with Gasteiger partial charge in [0, 0.05) is 17.7 Å². The smallest absolute Gasteiger partial charge is 0.270 e. The van der Waals surface area contributed by atoms with Crippen LogP contribution in [0.3, 0.4) is 0 Å². The zero-order valence-corrected chi connectivity index (χ0v) is 10.1. The molecular weight excluding hydrogens is 254 g/mol. The van der Waals surface area contributed by atoms with Gasteiger partial charge in [0.2, 0.25) is 0 Å². The van der Waals surface area contributed by atoms with Crippen LogP contribution in [0, 0.1) is 10.1 Å². The molecule has 2 rings (SSSR count). The lowest BCUT2D eigenvalue weighted by Crippen LogP contribution is -1.97. The van der Waals surface area contributed by atoms with Crippen LogP contribution < -0.4 is 4.74 Å². The summed E-state index contributed by atoms with van der Waals surface area (Å²) in [5.74, 6) is 0.729. The number of ether oxygens (including phenoxy) is 1. The third-order valence-corrected chi connectivity index (χ3v) is 2.74. The summed E-state index contributed by atoms with van der Waals surface area (Å²) in [4.78, 5) is 10.1. The second kappa shape index (κ2) is 5.51. The van der Waals surface area contributed by atoms with Gasteiger partial charge in [-0.1, -0.05) is 29.8 Å². The zero-order valence-electron chi connectivity index (χ0n) is 9.38. The fourth-order valence-corrected chi connectivity index (χ4v) is 1.67. The predicted octanol–water partition coefficient (Wildman–Crippen LogP) is 3.83. The zero-order chi connectivity index (χ0) is 13.0. The Morgan fingerprint density at radius 2 is 1.89 bits per heavy atom. The van der Waals surface area contributed by atoms with E-state index in [1.807, 2.05) is 30.3 Å². The number of rotatable bonds is 4. The minimum absolute atomic E-state index is 0.0246. The minimum Gasteiger partial charge on any atom is -0.489 e. The van der Waals surface area contributed by atoms with Crippen LogP contribution in [0.2, 0.25) is 5.02 Å². The number of benzene rings is 2. The van der Waals surface area contributed by atoms with Crippen LogP contribution in [0.15, 0.2) is 48.5 Å². The van der Waals surface area contributed by atoms with Crippen molar-refractivity contribution in [3.63, 3.8) is 0 Å². The Morgan fingerprint density at radius 1 is 1.17 bits per heavy atom. The Labute approximate surface area is 109 Å². The maximum Gasteiger partial charge on any atom is 0.270 e. The molecule has 0 bridgehead atoms. The van der Waals surface area contributed by atoms with E-state index in [0.717, 1.165) is 5.75 Å². The van der Waals surface area contributed by atoms with Gasteiger partial charge in [-0.05, 0) is 18.2 Å². The summed E-state index contributed by atoms with van der Waals surface area (Å²) >= 11 is 5.96. The first-order valence-electron chi connectivity index (χ1n) is 5.27. The standard InChI is InChI=1S/C13H10ClNO3/c14-13-8-11(15(16)17)7-6-10(13)9-18-12-4-2-1-3-5-12/h1-8H,9H2. The van der Waals surface area contributed by atoms with Crippen LogP contribution in [0.25, 0.3) is 0 Å². The van der Waals surface area contributed by atoms with E-state index in [0.29, 0.717) is 10.6 Å². The van der Waals surface area contributed by atoms with Crippen LogP contribution in [0.5, 0.6) is 5.75 Å². The van der Waals surface area contributed by atoms with Gasteiger partial charge in [-0.15, -0.1) is 0 Å². The molecule has 2 aromatic carbocycles. The van der Waals surface area contributed by atoms with E-state index in [1.54, 1.807) is 6.07 Å². The first-order chi connectivity index (χ1) is 8.66. The molecule has 0 aliphatic rings. The van der Waals surface area contributed by atoms with E-state index in [4.69, 9.17) is 16.3 Å². The van der Waals surface area contributed by atoms with Gasteiger partial charge < -0.3 is 4.74 Å². The van der Waals surface area contributed by atoms with Crippen molar-refractivity contribution in [2.75, 3.05) is 0 Å². The van der Waals surface area contributed by atoms with Crippen LogP contribution >= 0.6 is 11.6 Å². The molecule has 0 atom stereocenters. The molecule has 0 heterocycles. The van der Waals surface area contributed by atoms with E-state index in [1.165, 1.54) is 12.1 Å². The predicted molar refractivity (Wildman–Crippen MR) is 68.9 cm³/mol. The second-order valence-electron chi connectivity index (χ2n) is 3.63. The first-order valence-corrected chi connectivity index (χ1v) is 5.65. The Balaban J connectivity index is 2.08. The van der Waals surface area contributed by atoms with Crippen molar-refractivity contribution < 1.29 is 9.66 Å². The van der Waals surface area contributed by atoms with E-state index in [-0.39, 0.29) is 12.3 Å². The summed E-state index contributed by atoms with van der Waals surface area (Å²) in [5, 5.41) is 10.9. The molecule has 0 saturated carbocycles. The van der Waals surface area contributed by atoms with Crippen LogP contribution in [0.4, 0.5) is 5.69 Å². The van der Waals surface area contributed by atoms with Gasteiger partial charge in [-0.2, -0.15) is 0 Å². The highest BCUT2D eigenvalue weighted by Gasteiger charge is 2.09. The van der Waals surface area contributed by atoms with Crippen molar-refractivity contribution >= 4 is 17.3 Å². The number of hydrogen-bond donors (Lipinski definition) is 0. The average Bonchev–Trinajstić information content (AvgIpc) is 2.38. The summed E-state index contributed by atoms with van der Waals surface area (Å²) in [6.45, 7) is 0.279. The Bertz CT molecular complexity index is 557. The molecule has 0 aliphatic carbocycles. The molecule has 0 fully saturated rings. The number of non-ortho nitro benzene ring substituents is 1. The molecule has 0 unspecified atom stereocenters. The summed E-state index contributed by atoms with van der Waals surface area (Å²) in [6, 6.07) is 13.6. The van der Waals surface area contributed by atoms with Gasteiger partial charge in [0.25, 0.3) is 5.69 Å². The fourth-order valence-electron chi connectivity index (χ4n) is 1.44. The molecule has 0 saturated heterocycles. The number of nitro benzene ring substituents is 1. The Morgan fingerprint density at radius 3 is 2.50 bits per heavy atom. The van der Waals surface area contributed by atoms with Gasteiger partial charge >= 0.3 is 0 Å². The number of halogens is 1. The molecule has 0 radical (unpaired) electrons. The topological polar surface area (TPSA) is 52.4 Å². The third-order valence-electron chi connectivity index (χ3n) is 2.39. The highest BCUT2D eigenvalue weighted by molar-refractivity contribution is 6.31. The number of nitro groups is 1. The van der Waals surface area contributed by atoms with Gasteiger partial charge in [0.1, 0.15) is 12.4 Å². The maximum absolute atomic E-state index is 10.6. The van der Waals surface area contributed by atoms with Crippen LogP contribution in [0.1, 0.15) is 5.56 Å². The molecule has 0 N–H and O–H groups in total. The fraction of sp³-hybridized carbons (Fsp3) is 0.0769. The molecule has 18 heavy (non-hydrogen) atoms. The van der Waals surface area contributed by atoms with Gasteiger partial charge in [-0.3, -0.25) is 10.1 Å². The molecule has 0 spiro atoms. The largest absolute Gasteiger partial charge is 0.489 e. The molecular formula is C13H10ClNO3. The van der Waals surface area contributed by atoms with Crippen molar-refractivity contribution in [2.45, 2.75) is 6.61 Å². The monoisotopic (exact) mass is 263 g/mol. The lowest BCUT2D eigenvalue weighted by molar-refractivity contribution is -0.384. The van der Waals surface area contributed by atoms with E-state index in [2.05, 4.69) is 0 Å². The van der Waals surface area contributed by atoms with E-state index < -0.39 is 4.92 Å². The average molecular weight is 264 g/mol. The lowest BCUT2D eigenvalue weighted by Gasteiger charge is -2.07. The molecule has 0 aromatic heterocycles.